The van der Waals surface area contributed by atoms with Crippen molar-refractivity contribution in [1.29, 1.82) is 0 Å². The van der Waals surface area contributed by atoms with Gasteiger partial charge in [-0.1, -0.05) is 12.1 Å². The van der Waals surface area contributed by atoms with Crippen LogP contribution < -0.4 is 10.6 Å². The molecular weight excluding hydrogens is 458 g/mol. The zero-order valence-corrected chi connectivity index (χ0v) is 21.1. The van der Waals surface area contributed by atoms with Gasteiger partial charge in [-0.3, -0.25) is 9.69 Å². The second kappa shape index (κ2) is 9.84. The fourth-order valence-corrected chi connectivity index (χ4v) is 6.35. The molecule has 3 aliphatic rings. The highest BCUT2D eigenvalue weighted by Gasteiger charge is 2.29. The van der Waals surface area contributed by atoms with E-state index in [-0.39, 0.29) is 17.9 Å². The molecule has 2 aliphatic carbocycles. The number of morpholine rings is 1. The van der Waals surface area contributed by atoms with E-state index in [1.54, 1.807) is 0 Å². The molecule has 1 amide bonds. The largest absolute Gasteiger partial charge is 0.379 e. The molecule has 0 bridgehead atoms. The second-order valence-corrected chi connectivity index (χ2v) is 11.1. The molecule has 3 aromatic rings. The van der Waals surface area contributed by atoms with Crippen LogP contribution in [0.3, 0.4) is 0 Å². The molecule has 184 valence electrons. The van der Waals surface area contributed by atoms with E-state index < -0.39 is 0 Å². The van der Waals surface area contributed by atoms with Crippen LogP contribution in [0.2, 0.25) is 0 Å². The topological polar surface area (TPSA) is 79.4 Å². The summed E-state index contributed by atoms with van der Waals surface area (Å²) in [6.45, 7) is 6.31. The SMILES string of the molecule is CC(Nc1nc(CN2CCOCC2)nc2sc3c(c12)CCCC3)c1ccc(NC(=O)C2CC2)cc1. The quantitative estimate of drug-likeness (QED) is 0.488. The summed E-state index contributed by atoms with van der Waals surface area (Å²) in [5.74, 6) is 2.18. The third-order valence-corrected chi connectivity index (χ3v) is 8.49. The average Bonchev–Trinajstić information content (AvgIpc) is 3.66. The summed E-state index contributed by atoms with van der Waals surface area (Å²) in [5.41, 5.74) is 3.48. The molecule has 6 rings (SSSR count). The van der Waals surface area contributed by atoms with Gasteiger partial charge in [-0.05, 0) is 68.7 Å². The zero-order chi connectivity index (χ0) is 23.8. The number of amides is 1. The van der Waals surface area contributed by atoms with Crippen LogP contribution in [0.5, 0.6) is 0 Å². The van der Waals surface area contributed by atoms with Crippen LogP contribution in [-0.4, -0.2) is 47.1 Å². The minimum atomic E-state index is 0.0802. The number of aryl methyl sites for hydroxylation is 2. The lowest BCUT2D eigenvalue weighted by atomic mass is 9.97. The van der Waals surface area contributed by atoms with E-state index in [9.17, 15) is 4.79 Å². The predicted molar refractivity (Wildman–Crippen MR) is 140 cm³/mol. The minimum absolute atomic E-state index is 0.0802. The molecule has 1 unspecified atom stereocenters. The van der Waals surface area contributed by atoms with Crippen LogP contribution in [-0.2, 0) is 28.9 Å². The number of thiophene rings is 1. The number of hydrogen-bond acceptors (Lipinski definition) is 7. The van der Waals surface area contributed by atoms with Crippen molar-refractivity contribution < 1.29 is 9.53 Å². The first-order chi connectivity index (χ1) is 17.1. The van der Waals surface area contributed by atoms with Gasteiger partial charge in [0.2, 0.25) is 5.91 Å². The van der Waals surface area contributed by atoms with E-state index in [1.807, 2.05) is 23.5 Å². The highest BCUT2D eigenvalue weighted by Crippen LogP contribution is 2.39. The number of ether oxygens (including phenoxy) is 1. The molecule has 1 saturated carbocycles. The summed E-state index contributed by atoms with van der Waals surface area (Å²) in [4.78, 5) is 27.1. The van der Waals surface area contributed by atoms with Crippen molar-refractivity contribution in [3.05, 3.63) is 46.1 Å². The molecule has 2 fully saturated rings. The van der Waals surface area contributed by atoms with Gasteiger partial charge in [-0.2, -0.15) is 0 Å². The van der Waals surface area contributed by atoms with Crippen molar-refractivity contribution in [3.63, 3.8) is 0 Å². The van der Waals surface area contributed by atoms with Gasteiger partial charge in [0.05, 0.1) is 25.1 Å². The lowest BCUT2D eigenvalue weighted by molar-refractivity contribution is -0.117. The van der Waals surface area contributed by atoms with Crippen LogP contribution >= 0.6 is 11.3 Å². The molecule has 35 heavy (non-hydrogen) atoms. The van der Waals surface area contributed by atoms with E-state index >= 15 is 0 Å². The number of rotatable bonds is 7. The van der Waals surface area contributed by atoms with Gasteiger partial charge in [0.1, 0.15) is 16.5 Å². The Bertz CT molecular complexity index is 1210. The van der Waals surface area contributed by atoms with E-state index in [2.05, 4.69) is 34.6 Å². The Hall–Kier alpha value is -2.55. The van der Waals surface area contributed by atoms with Gasteiger partial charge in [0.15, 0.2) is 0 Å². The van der Waals surface area contributed by atoms with Crippen molar-refractivity contribution in [1.82, 2.24) is 14.9 Å². The minimum Gasteiger partial charge on any atom is -0.379 e. The van der Waals surface area contributed by atoms with Gasteiger partial charge >= 0.3 is 0 Å². The molecule has 8 heteroatoms. The lowest BCUT2D eigenvalue weighted by Crippen LogP contribution is -2.36. The maximum atomic E-state index is 12.1. The number of benzene rings is 1. The third-order valence-electron chi connectivity index (χ3n) is 7.31. The Morgan fingerprint density at radius 2 is 1.91 bits per heavy atom. The zero-order valence-electron chi connectivity index (χ0n) is 20.3. The Labute approximate surface area is 210 Å². The summed E-state index contributed by atoms with van der Waals surface area (Å²) in [6, 6.07) is 8.27. The van der Waals surface area contributed by atoms with Crippen molar-refractivity contribution in [2.75, 3.05) is 36.9 Å². The van der Waals surface area contributed by atoms with Crippen LogP contribution in [0.15, 0.2) is 24.3 Å². The van der Waals surface area contributed by atoms with Crippen LogP contribution in [0.4, 0.5) is 11.5 Å². The molecule has 0 spiro atoms. The van der Waals surface area contributed by atoms with Crippen molar-refractivity contribution in [2.24, 2.45) is 5.92 Å². The number of carbonyl (C=O) groups excluding carboxylic acids is 1. The van der Waals surface area contributed by atoms with Crippen LogP contribution in [0.25, 0.3) is 10.2 Å². The van der Waals surface area contributed by atoms with Crippen molar-refractivity contribution in [3.8, 4) is 0 Å². The number of fused-ring (bicyclic) bond motifs is 3. The van der Waals surface area contributed by atoms with E-state index in [4.69, 9.17) is 14.7 Å². The van der Waals surface area contributed by atoms with Crippen molar-refractivity contribution in [2.45, 2.75) is 58.0 Å². The summed E-state index contributed by atoms with van der Waals surface area (Å²) in [5, 5.41) is 7.98. The Kier molecular flexibility index (Phi) is 6.43. The monoisotopic (exact) mass is 491 g/mol. The van der Waals surface area contributed by atoms with Crippen LogP contribution in [0, 0.1) is 5.92 Å². The molecule has 7 nitrogen and oxygen atoms in total. The number of carbonyl (C=O) groups is 1. The Balaban J connectivity index is 1.26. The smallest absolute Gasteiger partial charge is 0.227 e. The maximum Gasteiger partial charge on any atom is 0.227 e. The fourth-order valence-electron chi connectivity index (χ4n) is 5.07. The second-order valence-electron chi connectivity index (χ2n) is 10.0. The number of hydrogen-bond donors (Lipinski definition) is 2. The predicted octanol–water partition coefficient (Wildman–Crippen LogP) is 4.92. The number of aromatic nitrogens is 2. The van der Waals surface area contributed by atoms with Gasteiger partial charge < -0.3 is 15.4 Å². The molecule has 1 atom stereocenters. The van der Waals surface area contributed by atoms with Gasteiger partial charge in [0, 0.05) is 35.6 Å². The summed E-state index contributed by atoms with van der Waals surface area (Å²) in [7, 11) is 0. The summed E-state index contributed by atoms with van der Waals surface area (Å²) < 4.78 is 5.52. The lowest BCUT2D eigenvalue weighted by Gasteiger charge is -2.26. The Morgan fingerprint density at radius 3 is 2.69 bits per heavy atom. The fraction of sp³-hybridized carbons (Fsp3) is 0.519. The van der Waals surface area contributed by atoms with E-state index in [0.717, 1.165) is 80.7 Å². The standard InChI is InChI=1S/C27H33N5O2S/c1-17(18-8-10-20(11-9-18)29-26(33)19-6-7-19)28-25-24-21-4-2-3-5-22(21)35-27(24)31-23(30-25)16-32-12-14-34-15-13-32/h8-11,17,19H,2-7,12-16H2,1H3,(H,29,33)(H,28,30,31). The van der Waals surface area contributed by atoms with Gasteiger partial charge in [-0.15, -0.1) is 11.3 Å². The number of nitrogens with one attached hydrogen (secondary N) is 2. The van der Waals surface area contributed by atoms with Crippen LogP contribution in [0.1, 0.15) is 60.5 Å². The molecule has 1 saturated heterocycles. The molecule has 2 aromatic heterocycles. The normalized spacial score (nSPS) is 19.3. The molecule has 1 aromatic carbocycles. The van der Waals surface area contributed by atoms with E-state index in [1.165, 1.54) is 34.2 Å². The van der Waals surface area contributed by atoms with E-state index in [0.29, 0.717) is 0 Å². The molecule has 1 aliphatic heterocycles. The summed E-state index contributed by atoms with van der Waals surface area (Å²) in [6.07, 6.45) is 6.78. The first kappa shape index (κ1) is 22.9. The van der Waals surface area contributed by atoms with Crippen molar-refractivity contribution >= 4 is 39.0 Å². The number of nitrogens with zero attached hydrogens (tertiary/aromatic N) is 3. The van der Waals surface area contributed by atoms with Gasteiger partial charge in [-0.25, -0.2) is 9.97 Å². The molecule has 3 heterocycles. The third kappa shape index (κ3) is 5.06. The van der Waals surface area contributed by atoms with Gasteiger partial charge in [0.25, 0.3) is 0 Å². The molecular formula is C27H33N5O2S. The maximum absolute atomic E-state index is 12.1. The molecule has 0 radical (unpaired) electrons. The highest BCUT2D eigenvalue weighted by molar-refractivity contribution is 7.19. The molecule has 2 N–H and O–H groups in total. The summed E-state index contributed by atoms with van der Waals surface area (Å²) >= 11 is 1.85. The number of anilines is 2. The highest BCUT2D eigenvalue weighted by atomic mass is 32.1. The first-order valence-electron chi connectivity index (χ1n) is 12.9. The average molecular weight is 492 g/mol. The first-order valence-corrected chi connectivity index (χ1v) is 13.7. The Morgan fingerprint density at radius 1 is 1.14 bits per heavy atom.